The topological polar surface area (TPSA) is 52.6 Å². The maximum absolute atomic E-state index is 10.8. The van der Waals surface area contributed by atoms with Crippen molar-refractivity contribution in [2.45, 2.75) is 39.5 Å². The number of unbranched alkanes of at least 4 members (excludes halogenated alkanes) is 3. The van der Waals surface area contributed by atoms with E-state index in [0.717, 1.165) is 25.7 Å². The SMILES string of the molecule is CCCCCCOS(=O)(=O)OCC.[Na+]. The molecule has 0 saturated heterocycles. The van der Waals surface area contributed by atoms with Crippen LogP contribution in [0.15, 0.2) is 0 Å². The van der Waals surface area contributed by atoms with Gasteiger partial charge in [-0.25, -0.2) is 8.37 Å². The predicted molar refractivity (Wildman–Crippen MR) is 50.6 cm³/mol. The first-order valence-corrected chi connectivity index (χ1v) is 5.99. The van der Waals surface area contributed by atoms with Gasteiger partial charge in [-0.2, -0.15) is 8.42 Å². The van der Waals surface area contributed by atoms with Gasteiger partial charge in [-0.05, 0) is 13.3 Å². The summed E-state index contributed by atoms with van der Waals surface area (Å²) < 4.78 is 30.6. The predicted octanol–water partition coefficient (Wildman–Crippen LogP) is -1.13. The van der Waals surface area contributed by atoms with E-state index in [1.54, 1.807) is 6.92 Å². The summed E-state index contributed by atoms with van der Waals surface area (Å²) in [7, 11) is -3.72. The average molecular weight is 233 g/mol. The summed E-state index contributed by atoms with van der Waals surface area (Å²) in [6.45, 7) is 4.05. The quantitative estimate of drug-likeness (QED) is 0.393. The molecule has 0 atom stereocenters. The van der Waals surface area contributed by atoms with E-state index in [0.29, 0.717) is 0 Å². The monoisotopic (exact) mass is 233 g/mol. The fourth-order valence-electron chi connectivity index (χ4n) is 0.868. The van der Waals surface area contributed by atoms with Crippen LogP contribution in [0, 0.1) is 0 Å². The fraction of sp³-hybridized carbons (Fsp3) is 1.00. The van der Waals surface area contributed by atoms with Gasteiger partial charge in [-0.3, -0.25) is 0 Å². The maximum atomic E-state index is 10.8. The third-order valence-corrected chi connectivity index (χ3v) is 2.47. The summed E-state index contributed by atoms with van der Waals surface area (Å²) in [5.74, 6) is 0. The minimum atomic E-state index is -3.72. The Labute approximate surface area is 109 Å². The minimum Gasteiger partial charge on any atom is -0.248 e. The molecule has 0 radical (unpaired) electrons. The molecule has 0 aromatic rings. The van der Waals surface area contributed by atoms with Gasteiger partial charge < -0.3 is 0 Å². The Kier molecular flexibility index (Phi) is 12.8. The van der Waals surface area contributed by atoms with E-state index in [1.807, 2.05) is 0 Å². The molecular formula is C8H18NaO4S+. The summed E-state index contributed by atoms with van der Waals surface area (Å²) in [4.78, 5) is 0. The zero-order chi connectivity index (χ0) is 10.2. The number of hydrogen-bond acceptors (Lipinski definition) is 4. The van der Waals surface area contributed by atoms with Crippen molar-refractivity contribution in [3.05, 3.63) is 0 Å². The van der Waals surface area contributed by atoms with Crippen LogP contribution in [0.3, 0.4) is 0 Å². The molecule has 0 aromatic carbocycles. The van der Waals surface area contributed by atoms with Crippen LogP contribution >= 0.6 is 0 Å². The van der Waals surface area contributed by atoms with Crippen molar-refractivity contribution in [3.63, 3.8) is 0 Å². The van der Waals surface area contributed by atoms with Crippen molar-refractivity contribution >= 4 is 10.4 Å². The van der Waals surface area contributed by atoms with Crippen LogP contribution < -0.4 is 29.6 Å². The van der Waals surface area contributed by atoms with Crippen LogP contribution in [0.1, 0.15) is 39.5 Å². The Morgan fingerprint density at radius 1 is 1.00 bits per heavy atom. The second kappa shape index (κ2) is 10.4. The summed E-state index contributed by atoms with van der Waals surface area (Å²) >= 11 is 0. The molecule has 0 aliphatic rings. The standard InChI is InChI=1S/C8H18O4S.Na/c1-3-5-6-7-8-12-13(9,10)11-4-2;/h3-8H2,1-2H3;/q;+1. The molecule has 0 heterocycles. The van der Waals surface area contributed by atoms with E-state index < -0.39 is 10.4 Å². The van der Waals surface area contributed by atoms with Crippen molar-refractivity contribution in [2.75, 3.05) is 13.2 Å². The maximum Gasteiger partial charge on any atom is 1.00 e. The Morgan fingerprint density at radius 2 is 1.64 bits per heavy atom. The summed E-state index contributed by atoms with van der Waals surface area (Å²) in [6.07, 6.45) is 3.99. The van der Waals surface area contributed by atoms with Crippen molar-refractivity contribution in [3.8, 4) is 0 Å². The molecule has 0 aliphatic carbocycles. The summed E-state index contributed by atoms with van der Waals surface area (Å²) in [5, 5.41) is 0. The Balaban J connectivity index is 0. The summed E-state index contributed by atoms with van der Waals surface area (Å²) in [5.41, 5.74) is 0. The molecule has 0 aromatic heterocycles. The molecule has 4 nitrogen and oxygen atoms in total. The van der Waals surface area contributed by atoms with Gasteiger partial charge in [-0.1, -0.05) is 26.2 Å². The van der Waals surface area contributed by atoms with Crippen molar-refractivity contribution in [1.29, 1.82) is 0 Å². The average Bonchev–Trinajstić information content (AvgIpc) is 2.04. The fourth-order valence-corrected chi connectivity index (χ4v) is 1.55. The zero-order valence-corrected chi connectivity index (χ0v) is 12.1. The van der Waals surface area contributed by atoms with Gasteiger partial charge in [0.1, 0.15) is 0 Å². The molecule has 0 bridgehead atoms. The molecule has 80 valence electrons. The first-order chi connectivity index (χ1) is 6.12. The molecule has 0 aliphatic heterocycles. The van der Waals surface area contributed by atoms with Gasteiger partial charge in [0.05, 0.1) is 13.2 Å². The van der Waals surface area contributed by atoms with Crippen LogP contribution in [0.5, 0.6) is 0 Å². The smallest absolute Gasteiger partial charge is 0.248 e. The van der Waals surface area contributed by atoms with Gasteiger partial charge in [0.25, 0.3) is 0 Å². The van der Waals surface area contributed by atoms with Gasteiger partial charge in [0, 0.05) is 0 Å². The normalized spacial score (nSPS) is 11.0. The molecule has 0 spiro atoms. The molecule has 0 rings (SSSR count). The molecule has 0 fully saturated rings. The van der Waals surface area contributed by atoms with Crippen LogP contribution in [-0.2, 0) is 18.8 Å². The molecule has 0 saturated carbocycles. The van der Waals surface area contributed by atoms with E-state index in [4.69, 9.17) is 0 Å². The Bertz CT molecular complexity index is 203. The van der Waals surface area contributed by atoms with E-state index in [9.17, 15) is 8.42 Å². The molecule has 0 unspecified atom stereocenters. The van der Waals surface area contributed by atoms with E-state index >= 15 is 0 Å². The Hall–Kier alpha value is 0.870. The second-order valence-electron chi connectivity index (χ2n) is 2.70. The van der Waals surface area contributed by atoms with Crippen LogP contribution in [0.2, 0.25) is 0 Å². The first-order valence-electron chi connectivity index (χ1n) is 4.66. The summed E-state index contributed by atoms with van der Waals surface area (Å²) in [6, 6.07) is 0. The largest absolute Gasteiger partial charge is 1.00 e. The third-order valence-electron chi connectivity index (χ3n) is 1.49. The zero-order valence-electron chi connectivity index (χ0n) is 9.28. The van der Waals surface area contributed by atoms with E-state index in [2.05, 4.69) is 15.3 Å². The first kappa shape index (κ1) is 17.3. The van der Waals surface area contributed by atoms with Crippen LogP contribution in [0.25, 0.3) is 0 Å². The van der Waals surface area contributed by atoms with E-state index in [-0.39, 0.29) is 42.8 Å². The van der Waals surface area contributed by atoms with Crippen molar-refractivity contribution in [1.82, 2.24) is 0 Å². The van der Waals surface area contributed by atoms with Crippen molar-refractivity contribution < 1.29 is 46.3 Å². The molecule has 0 amide bonds. The van der Waals surface area contributed by atoms with Crippen LogP contribution in [-0.4, -0.2) is 21.6 Å². The molecule has 14 heavy (non-hydrogen) atoms. The molecular weight excluding hydrogens is 215 g/mol. The third kappa shape index (κ3) is 10.9. The van der Waals surface area contributed by atoms with Crippen LogP contribution in [0.4, 0.5) is 0 Å². The number of rotatable bonds is 8. The molecule has 6 heteroatoms. The Morgan fingerprint density at radius 3 is 2.14 bits per heavy atom. The number of hydrogen-bond donors (Lipinski definition) is 0. The van der Waals surface area contributed by atoms with E-state index in [1.165, 1.54) is 0 Å². The van der Waals surface area contributed by atoms with Gasteiger partial charge in [0.2, 0.25) is 0 Å². The van der Waals surface area contributed by atoms with Gasteiger partial charge >= 0.3 is 40.0 Å². The van der Waals surface area contributed by atoms with Gasteiger partial charge in [0.15, 0.2) is 0 Å². The molecule has 0 N–H and O–H groups in total. The minimum absolute atomic E-state index is 0. The van der Waals surface area contributed by atoms with Crippen molar-refractivity contribution in [2.24, 2.45) is 0 Å². The second-order valence-corrected chi connectivity index (χ2v) is 3.99. The van der Waals surface area contributed by atoms with Gasteiger partial charge in [-0.15, -0.1) is 0 Å².